The molecular formula is C23H25ClN4O2. The molecule has 0 saturated carbocycles. The molecule has 0 aliphatic heterocycles. The van der Waals surface area contributed by atoms with E-state index in [2.05, 4.69) is 10.4 Å². The van der Waals surface area contributed by atoms with Crippen LogP contribution in [0.5, 0.6) is 0 Å². The van der Waals surface area contributed by atoms with E-state index in [1.165, 1.54) is 0 Å². The van der Waals surface area contributed by atoms with Gasteiger partial charge in [0.25, 0.3) is 0 Å². The third-order valence-electron chi connectivity index (χ3n) is 4.76. The van der Waals surface area contributed by atoms with Crippen molar-refractivity contribution in [3.8, 4) is 0 Å². The molecule has 0 spiro atoms. The standard InChI is InChI=1S/C23H25ClN4O2/c1-16(2)28(14-17-12-25-27(3)13-17)15-22(29)26-21-10-9-19(24)11-20(21)23(30)18-7-5-4-6-8-18/h4-13,16H,14-15H2,1-3H3,(H,26,29). The van der Waals surface area contributed by atoms with Crippen LogP contribution in [-0.4, -0.2) is 39.0 Å². The molecule has 1 aromatic heterocycles. The van der Waals surface area contributed by atoms with E-state index < -0.39 is 0 Å². The van der Waals surface area contributed by atoms with Gasteiger partial charge in [0, 0.05) is 47.5 Å². The molecule has 0 aliphatic carbocycles. The number of hydrogen-bond acceptors (Lipinski definition) is 4. The maximum atomic E-state index is 12.9. The first-order valence-corrected chi connectivity index (χ1v) is 10.1. The van der Waals surface area contributed by atoms with Gasteiger partial charge in [0.05, 0.1) is 18.4 Å². The summed E-state index contributed by atoms with van der Waals surface area (Å²) >= 11 is 6.12. The SMILES string of the molecule is CC(C)N(CC(=O)Nc1ccc(Cl)cc1C(=O)c1ccccc1)Cc1cnn(C)c1. The lowest BCUT2D eigenvalue weighted by molar-refractivity contribution is -0.117. The van der Waals surface area contributed by atoms with Crippen molar-refractivity contribution < 1.29 is 9.59 Å². The number of nitrogens with zero attached hydrogens (tertiary/aromatic N) is 3. The molecule has 3 aromatic rings. The highest BCUT2D eigenvalue weighted by atomic mass is 35.5. The number of amides is 1. The van der Waals surface area contributed by atoms with Crippen LogP contribution in [0, 0.1) is 0 Å². The Morgan fingerprint density at radius 1 is 1.17 bits per heavy atom. The van der Waals surface area contributed by atoms with Gasteiger partial charge < -0.3 is 5.32 Å². The summed E-state index contributed by atoms with van der Waals surface area (Å²) < 4.78 is 1.74. The Morgan fingerprint density at radius 3 is 2.53 bits per heavy atom. The summed E-state index contributed by atoms with van der Waals surface area (Å²) in [5, 5.41) is 7.50. The molecule has 0 bridgehead atoms. The van der Waals surface area contributed by atoms with Crippen molar-refractivity contribution in [3.05, 3.63) is 82.6 Å². The quantitative estimate of drug-likeness (QED) is 0.551. The predicted octanol–water partition coefficient (Wildman–Crippen LogP) is 4.15. The van der Waals surface area contributed by atoms with Crippen LogP contribution >= 0.6 is 11.6 Å². The number of hydrogen-bond donors (Lipinski definition) is 1. The highest BCUT2D eigenvalue weighted by Crippen LogP contribution is 2.24. The molecule has 0 aliphatic rings. The lowest BCUT2D eigenvalue weighted by atomic mass is 10.0. The summed E-state index contributed by atoms with van der Waals surface area (Å²) in [6.07, 6.45) is 3.73. The molecule has 0 atom stereocenters. The predicted molar refractivity (Wildman–Crippen MR) is 119 cm³/mol. The van der Waals surface area contributed by atoms with E-state index in [1.807, 2.05) is 38.1 Å². The fraction of sp³-hybridized carbons (Fsp3) is 0.261. The van der Waals surface area contributed by atoms with Gasteiger partial charge in [-0.2, -0.15) is 5.10 Å². The molecule has 7 heteroatoms. The van der Waals surface area contributed by atoms with Gasteiger partial charge in [-0.3, -0.25) is 19.2 Å². The average Bonchev–Trinajstić information content (AvgIpc) is 3.13. The largest absolute Gasteiger partial charge is 0.324 e. The van der Waals surface area contributed by atoms with E-state index in [-0.39, 0.29) is 24.3 Å². The van der Waals surface area contributed by atoms with E-state index in [9.17, 15) is 9.59 Å². The maximum Gasteiger partial charge on any atom is 0.238 e. The first-order valence-electron chi connectivity index (χ1n) is 9.74. The fourth-order valence-electron chi connectivity index (χ4n) is 3.14. The Hall–Kier alpha value is -2.96. The van der Waals surface area contributed by atoms with Gasteiger partial charge in [-0.1, -0.05) is 41.9 Å². The van der Waals surface area contributed by atoms with Crippen LogP contribution in [-0.2, 0) is 18.4 Å². The summed E-state index contributed by atoms with van der Waals surface area (Å²) in [6, 6.07) is 14.0. The van der Waals surface area contributed by atoms with Crippen LogP contribution in [0.25, 0.3) is 0 Å². The molecule has 3 rings (SSSR count). The summed E-state index contributed by atoms with van der Waals surface area (Å²) in [6.45, 7) is 4.87. The monoisotopic (exact) mass is 424 g/mol. The summed E-state index contributed by atoms with van der Waals surface area (Å²) in [5.41, 5.74) is 2.38. The number of benzene rings is 2. The summed E-state index contributed by atoms with van der Waals surface area (Å²) in [7, 11) is 1.86. The Morgan fingerprint density at radius 2 is 1.90 bits per heavy atom. The van der Waals surface area contributed by atoms with Crippen molar-refractivity contribution in [2.24, 2.45) is 7.05 Å². The molecule has 2 aromatic carbocycles. The number of aromatic nitrogens is 2. The number of nitrogens with one attached hydrogen (secondary N) is 1. The van der Waals surface area contributed by atoms with E-state index in [1.54, 1.807) is 53.3 Å². The Labute approximate surface area is 181 Å². The van der Waals surface area contributed by atoms with E-state index in [0.717, 1.165) is 5.56 Å². The lowest BCUT2D eigenvalue weighted by Crippen LogP contribution is -2.37. The van der Waals surface area contributed by atoms with Crippen molar-refractivity contribution in [2.45, 2.75) is 26.4 Å². The molecule has 6 nitrogen and oxygen atoms in total. The molecule has 0 saturated heterocycles. The lowest BCUT2D eigenvalue weighted by Gasteiger charge is -2.25. The number of carbonyl (C=O) groups excluding carboxylic acids is 2. The highest BCUT2D eigenvalue weighted by molar-refractivity contribution is 6.31. The van der Waals surface area contributed by atoms with E-state index in [4.69, 9.17) is 11.6 Å². The second-order valence-electron chi connectivity index (χ2n) is 7.45. The van der Waals surface area contributed by atoms with Gasteiger partial charge in [0.15, 0.2) is 5.78 Å². The molecule has 156 valence electrons. The van der Waals surface area contributed by atoms with E-state index >= 15 is 0 Å². The number of aryl methyl sites for hydroxylation is 1. The second-order valence-corrected chi connectivity index (χ2v) is 7.89. The number of halogens is 1. The molecule has 1 N–H and O–H groups in total. The second kappa shape index (κ2) is 9.69. The third-order valence-corrected chi connectivity index (χ3v) is 4.99. The Balaban J connectivity index is 1.76. The minimum Gasteiger partial charge on any atom is -0.324 e. The topological polar surface area (TPSA) is 67.2 Å². The average molecular weight is 425 g/mol. The van der Waals surface area contributed by atoms with Crippen molar-refractivity contribution in [3.63, 3.8) is 0 Å². The van der Waals surface area contributed by atoms with Crippen molar-refractivity contribution >= 4 is 29.0 Å². The maximum absolute atomic E-state index is 12.9. The number of ketones is 1. The Kier molecular flexibility index (Phi) is 7.03. The van der Waals surface area contributed by atoms with Crippen LogP contribution in [0.2, 0.25) is 5.02 Å². The van der Waals surface area contributed by atoms with Gasteiger partial charge in [-0.15, -0.1) is 0 Å². The minimum absolute atomic E-state index is 0.159. The van der Waals surface area contributed by atoms with Gasteiger partial charge >= 0.3 is 0 Å². The zero-order chi connectivity index (χ0) is 21.7. The van der Waals surface area contributed by atoms with Crippen LogP contribution in [0.1, 0.15) is 35.3 Å². The number of carbonyl (C=O) groups is 2. The number of rotatable bonds is 8. The number of anilines is 1. The molecule has 1 heterocycles. The first-order chi connectivity index (χ1) is 14.3. The fourth-order valence-corrected chi connectivity index (χ4v) is 3.31. The third kappa shape index (κ3) is 5.55. The van der Waals surface area contributed by atoms with Crippen LogP contribution in [0.4, 0.5) is 5.69 Å². The van der Waals surface area contributed by atoms with Gasteiger partial charge in [-0.25, -0.2) is 0 Å². The van der Waals surface area contributed by atoms with Crippen LogP contribution in [0.3, 0.4) is 0 Å². The van der Waals surface area contributed by atoms with Crippen molar-refractivity contribution in [1.29, 1.82) is 0 Å². The smallest absolute Gasteiger partial charge is 0.238 e. The van der Waals surface area contributed by atoms with Gasteiger partial charge in [-0.05, 0) is 32.0 Å². The Bertz CT molecular complexity index is 1030. The first kappa shape index (κ1) is 21.7. The van der Waals surface area contributed by atoms with E-state index in [0.29, 0.717) is 28.4 Å². The summed E-state index contributed by atoms with van der Waals surface area (Å²) in [5.74, 6) is -0.387. The highest BCUT2D eigenvalue weighted by Gasteiger charge is 2.19. The van der Waals surface area contributed by atoms with Crippen molar-refractivity contribution in [2.75, 3.05) is 11.9 Å². The molecule has 30 heavy (non-hydrogen) atoms. The molecule has 1 amide bonds. The molecular weight excluding hydrogens is 400 g/mol. The van der Waals surface area contributed by atoms with Crippen molar-refractivity contribution in [1.82, 2.24) is 14.7 Å². The zero-order valence-corrected chi connectivity index (χ0v) is 18.1. The van der Waals surface area contributed by atoms with Crippen LogP contribution < -0.4 is 5.32 Å². The molecule has 0 unspecified atom stereocenters. The minimum atomic E-state index is -0.197. The molecule has 0 fully saturated rings. The van der Waals surface area contributed by atoms with Crippen LogP contribution in [0.15, 0.2) is 60.9 Å². The zero-order valence-electron chi connectivity index (χ0n) is 17.3. The van der Waals surface area contributed by atoms with Gasteiger partial charge in [0.1, 0.15) is 0 Å². The summed E-state index contributed by atoms with van der Waals surface area (Å²) in [4.78, 5) is 27.8. The molecule has 0 radical (unpaired) electrons. The normalized spacial score (nSPS) is 11.1. The van der Waals surface area contributed by atoms with Gasteiger partial charge in [0.2, 0.25) is 5.91 Å².